The van der Waals surface area contributed by atoms with Gasteiger partial charge in [-0.2, -0.15) is 0 Å². The summed E-state index contributed by atoms with van der Waals surface area (Å²) in [6.45, 7) is 4.61. The summed E-state index contributed by atoms with van der Waals surface area (Å²) in [5.74, 6) is -70.6. The van der Waals surface area contributed by atoms with Crippen molar-refractivity contribution < 1.29 is 93.5 Å². The van der Waals surface area contributed by atoms with Gasteiger partial charge in [-0.25, -0.2) is 87.8 Å². The van der Waals surface area contributed by atoms with Crippen LogP contribution in [0.1, 0.15) is 39.5 Å². The van der Waals surface area contributed by atoms with Crippen molar-refractivity contribution in [2.75, 3.05) is 0 Å². The van der Waals surface area contributed by atoms with Gasteiger partial charge in [0, 0.05) is 12.3 Å². The third kappa shape index (κ3) is 6.13. The predicted molar refractivity (Wildman–Crippen MR) is 148 cm³/mol. The number of rotatable bonds is 4. The van der Waals surface area contributed by atoms with E-state index < -0.39 is 144 Å². The van der Waals surface area contributed by atoms with Crippen molar-refractivity contribution in [1.82, 2.24) is 0 Å². The largest absolute Gasteiger partial charge is 0.353 e. The van der Waals surface area contributed by atoms with Crippen molar-refractivity contribution in [3.63, 3.8) is 0 Å². The first-order chi connectivity index (χ1) is 24.8. The Kier molecular flexibility index (Phi) is 11.4. The summed E-state index contributed by atoms with van der Waals surface area (Å²) in [5, 5.41) is 0. The van der Waals surface area contributed by atoms with Crippen molar-refractivity contribution in [1.29, 1.82) is 0 Å². The summed E-state index contributed by atoms with van der Waals surface area (Å²) < 4.78 is 294. The normalized spacial score (nSPS) is 17.5. The highest BCUT2D eigenvalue weighted by Gasteiger charge is 2.52. The fourth-order valence-electron chi connectivity index (χ4n) is 6.45. The molecule has 1 aliphatic rings. The van der Waals surface area contributed by atoms with E-state index in [-0.39, 0.29) is 0 Å². The van der Waals surface area contributed by atoms with Crippen molar-refractivity contribution in [3.05, 3.63) is 116 Å². The minimum Gasteiger partial charge on any atom is -0.353 e. The highest BCUT2D eigenvalue weighted by atomic mass is 19.2. The van der Waals surface area contributed by atoms with Crippen LogP contribution in [-0.4, -0.2) is 11.7 Å². The van der Waals surface area contributed by atoms with E-state index in [0.29, 0.717) is 5.54 Å². The Bertz CT molecular complexity index is 1800. The van der Waals surface area contributed by atoms with Crippen LogP contribution in [0.3, 0.4) is 0 Å². The Labute approximate surface area is 289 Å². The van der Waals surface area contributed by atoms with Crippen LogP contribution in [0.25, 0.3) is 0 Å². The number of hydrogen-bond acceptors (Lipinski definition) is 0. The van der Waals surface area contributed by atoms with Gasteiger partial charge in [-0.1, -0.05) is 13.3 Å². The molecule has 22 heteroatoms. The molecule has 0 saturated heterocycles. The second-order valence-corrected chi connectivity index (χ2v) is 12.6. The van der Waals surface area contributed by atoms with Crippen LogP contribution in [0.2, 0.25) is 0 Å². The standard InChI is InChI=1S/C24BF20.C8H17N/c26-5-1(6(27)14(35)21(42)13(5)34)25(2-7(28)15(36)22(43)16(37)8(2)29,3-9(30)17(38)23(44)18(39)10(3)31)4-11(32)19(40)24(45)20(41)12(4)33;1-7-5-3-4-6-8(7,2)9/h;7H,3-6,9H2,1-2H3/q-1;/p+1. The van der Waals surface area contributed by atoms with E-state index in [0.717, 1.165) is 5.92 Å². The molecule has 2 atom stereocenters. The van der Waals surface area contributed by atoms with Gasteiger partial charge >= 0.3 is 0 Å². The summed E-state index contributed by atoms with van der Waals surface area (Å²) in [7, 11) is 0. The number of quaternary nitrogens is 1. The highest BCUT2D eigenvalue weighted by molar-refractivity contribution is 7.20. The summed E-state index contributed by atoms with van der Waals surface area (Å²) in [4.78, 5) is 0. The topological polar surface area (TPSA) is 27.6 Å². The minimum atomic E-state index is -7.22. The Morgan fingerprint density at radius 1 is 0.370 bits per heavy atom. The van der Waals surface area contributed by atoms with Gasteiger partial charge in [-0.05, 0) is 19.8 Å². The first-order valence-electron chi connectivity index (χ1n) is 14.9. The molecule has 0 bridgehead atoms. The molecule has 4 aromatic rings. The lowest BCUT2D eigenvalue weighted by Gasteiger charge is -2.44. The molecule has 0 heterocycles. The van der Waals surface area contributed by atoms with E-state index in [1.807, 2.05) is 0 Å². The maximum Gasteiger partial charge on any atom is 0.200 e. The van der Waals surface area contributed by atoms with Crippen LogP contribution in [0.5, 0.6) is 0 Å². The van der Waals surface area contributed by atoms with E-state index >= 15 is 35.1 Å². The lowest BCUT2D eigenvalue weighted by atomic mass is 9.12. The Morgan fingerprint density at radius 3 is 0.704 bits per heavy atom. The minimum absolute atomic E-state index is 0.387. The first kappa shape index (κ1) is 42.2. The van der Waals surface area contributed by atoms with E-state index in [4.69, 9.17) is 0 Å². The maximum atomic E-state index is 15.4. The average Bonchev–Trinajstić information content (AvgIpc) is 3.13. The second kappa shape index (κ2) is 14.6. The average molecular weight is 807 g/mol. The molecule has 3 N–H and O–H groups in total. The second-order valence-electron chi connectivity index (χ2n) is 12.6. The molecule has 0 aliphatic heterocycles. The molecule has 4 aromatic carbocycles. The van der Waals surface area contributed by atoms with Crippen molar-refractivity contribution in [2.24, 2.45) is 5.92 Å². The quantitative estimate of drug-likeness (QED) is 0.0993. The maximum absolute atomic E-state index is 15.4. The monoisotopic (exact) mass is 807 g/mol. The molecule has 1 saturated carbocycles. The van der Waals surface area contributed by atoms with E-state index in [1.165, 1.54) is 25.7 Å². The number of hydrogen-bond donors (Lipinski definition) is 1. The number of halogens is 20. The SMILES string of the molecule is CC1CCCCC1(C)[NH3+].Fc1c(F)c(F)c([B-](c2c(F)c(F)c(F)c(F)c2F)(c2c(F)c(F)c(F)c(F)c2F)c2c(F)c(F)c(F)c(F)c2F)c(F)c1F. The van der Waals surface area contributed by atoms with Crippen LogP contribution in [0, 0.1) is 122 Å². The third-order valence-corrected chi connectivity index (χ3v) is 9.53. The molecule has 54 heavy (non-hydrogen) atoms. The van der Waals surface area contributed by atoms with Crippen LogP contribution in [0.4, 0.5) is 87.8 Å². The molecule has 5 rings (SSSR count). The Balaban J connectivity index is 0.000000631. The molecule has 1 nitrogen and oxygen atoms in total. The zero-order valence-electron chi connectivity index (χ0n) is 26.7. The lowest BCUT2D eigenvalue weighted by Crippen LogP contribution is -2.81. The Morgan fingerprint density at radius 2 is 0.556 bits per heavy atom. The van der Waals surface area contributed by atoms with Gasteiger partial charge in [0.05, 0.1) is 5.54 Å². The van der Waals surface area contributed by atoms with E-state index in [1.54, 1.807) is 0 Å². The summed E-state index contributed by atoms with van der Waals surface area (Å²) >= 11 is 0. The van der Waals surface area contributed by atoms with Gasteiger partial charge in [0.15, 0.2) is 69.8 Å². The fourth-order valence-corrected chi connectivity index (χ4v) is 6.45. The van der Waals surface area contributed by atoms with Crippen LogP contribution >= 0.6 is 0 Å². The highest BCUT2D eigenvalue weighted by Crippen LogP contribution is 2.31. The molecule has 0 amide bonds. The number of benzene rings is 4. The molecule has 0 spiro atoms. The lowest BCUT2D eigenvalue weighted by molar-refractivity contribution is -0.490. The summed E-state index contributed by atoms with van der Waals surface area (Å²) in [5.41, 5.74) is -9.73. The smallest absolute Gasteiger partial charge is 0.200 e. The van der Waals surface area contributed by atoms with E-state index in [9.17, 15) is 52.7 Å². The molecule has 1 fully saturated rings. The molecule has 2 unspecified atom stereocenters. The van der Waals surface area contributed by atoms with Crippen LogP contribution in [-0.2, 0) is 0 Å². The fraction of sp³-hybridized carbons (Fsp3) is 0.250. The molecular weight excluding hydrogens is 789 g/mol. The van der Waals surface area contributed by atoms with Gasteiger partial charge in [0.25, 0.3) is 0 Å². The van der Waals surface area contributed by atoms with Crippen molar-refractivity contribution >= 4 is 28.0 Å². The molecular formula is C32H18BF20N. The summed E-state index contributed by atoms with van der Waals surface area (Å²) in [6, 6.07) is 0. The molecule has 294 valence electrons. The van der Waals surface area contributed by atoms with Gasteiger partial charge in [0.2, 0.25) is 0 Å². The van der Waals surface area contributed by atoms with Crippen molar-refractivity contribution in [3.8, 4) is 0 Å². The van der Waals surface area contributed by atoms with Gasteiger partial charge in [-0.15, -0.1) is 21.9 Å². The van der Waals surface area contributed by atoms with Crippen molar-refractivity contribution in [2.45, 2.75) is 45.1 Å². The third-order valence-electron chi connectivity index (χ3n) is 9.53. The zero-order chi connectivity index (χ0) is 41.3. The van der Waals surface area contributed by atoms with E-state index in [2.05, 4.69) is 19.6 Å². The first-order valence-corrected chi connectivity index (χ1v) is 14.9. The molecule has 0 radical (unpaired) electrons. The van der Waals surface area contributed by atoms with Crippen LogP contribution in [0.15, 0.2) is 0 Å². The molecule has 1 aliphatic carbocycles. The Hall–Kier alpha value is -4.50. The molecule has 0 aromatic heterocycles. The summed E-state index contributed by atoms with van der Waals surface area (Å²) in [6.07, 6.45) is -1.68. The van der Waals surface area contributed by atoms with Gasteiger partial charge in [0.1, 0.15) is 52.7 Å². The van der Waals surface area contributed by atoms with Crippen LogP contribution < -0.4 is 27.6 Å². The zero-order valence-corrected chi connectivity index (χ0v) is 26.7. The van der Waals surface area contributed by atoms with Gasteiger partial charge in [-0.3, -0.25) is 0 Å². The predicted octanol–water partition coefficient (Wildman–Crippen LogP) is 7.04. The van der Waals surface area contributed by atoms with Gasteiger partial charge < -0.3 is 5.73 Å².